The molecule has 0 aromatic carbocycles. The second kappa shape index (κ2) is 10.5. The summed E-state index contributed by atoms with van der Waals surface area (Å²) in [5, 5.41) is 68.3. The predicted molar refractivity (Wildman–Crippen MR) is 88.1 cm³/mol. The summed E-state index contributed by atoms with van der Waals surface area (Å²) in [6.07, 6.45) is -14.0. The van der Waals surface area contributed by atoms with Crippen LogP contribution in [0.3, 0.4) is 0 Å². The van der Waals surface area contributed by atoms with Gasteiger partial charge in [0, 0.05) is 0 Å². The van der Waals surface area contributed by atoms with Gasteiger partial charge in [0.1, 0.15) is 49.3 Å². The molecule has 16 heteroatoms. The van der Waals surface area contributed by atoms with Gasteiger partial charge in [-0.1, -0.05) is 0 Å². The molecule has 2 saturated heterocycles. The fourth-order valence-electron chi connectivity index (χ4n) is 2.79. The van der Waals surface area contributed by atoms with Crippen molar-refractivity contribution in [1.29, 1.82) is 0 Å². The molecule has 0 spiro atoms. The van der Waals surface area contributed by atoms with Crippen LogP contribution >= 0.6 is 7.82 Å². The minimum atomic E-state index is -4.93. The number of aliphatic hydroxyl groups is 7. The number of aliphatic hydroxyl groups excluding tert-OH is 7. The standard InChI is InChI=1S/C12H23O14P.Ca.2H/c13-1-4-7(16)10(19)12(3-14,25-4)26-11-9(18)8(17)6(15)5(24-11)2-23-27(20,21)22;;;/h4-11,13-19H,1-3H2,(H2,20,21,22);;;/t4-,5-,6-,7-,8+,9-,10+,11-,12+;;;/m1.../s1. The fourth-order valence-corrected chi connectivity index (χ4v) is 3.13. The van der Waals surface area contributed by atoms with Gasteiger partial charge in [-0.25, -0.2) is 4.57 Å². The van der Waals surface area contributed by atoms with E-state index in [2.05, 4.69) is 4.52 Å². The zero-order chi connectivity index (χ0) is 20.6. The molecule has 0 aromatic heterocycles. The molecular weight excluding hydrogens is 439 g/mol. The van der Waals surface area contributed by atoms with Crippen molar-refractivity contribution < 1.29 is 68.8 Å². The van der Waals surface area contributed by atoms with E-state index in [0.717, 1.165) is 0 Å². The molecule has 0 amide bonds. The van der Waals surface area contributed by atoms with Gasteiger partial charge in [-0.3, -0.25) is 4.52 Å². The van der Waals surface area contributed by atoms with E-state index < -0.39 is 82.4 Å². The molecule has 14 nitrogen and oxygen atoms in total. The molecule has 28 heavy (non-hydrogen) atoms. The Morgan fingerprint density at radius 2 is 1.54 bits per heavy atom. The Morgan fingerprint density at radius 1 is 0.929 bits per heavy atom. The van der Waals surface area contributed by atoms with Crippen molar-refractivity contribution in [1.82, 2.24) is 0 Å². The molecule has 2 heterocycles. The first kappa shape index (κ1) is 27.0. The molecule has 2 aliphatic rings. The molecule has 9 N–H and O–H groups in total. The van der Waals surface area contributed by atoms with Gasteiger partial charge in [-0.15, -0.1) is 0 Å². The van der Waals surface area contributed by atoms with Crippen LogP contribution in [0.2, 0.25) is 0 Å². The molecule has 9 atom stereocenters. The van der Waals surface area contributed by atoms with Crippen LogP contribution in [0.1, 0.15) is 0 Å². The molecule has 164 valence electrons. The minimum absolute atomic E-state index is 0. The van der Waals surface area contributed by atoms with Crippen molar-refractivity contribution in [3.63, 3.8) is 0 Å². The van der Waals surface area contributed by atoms with Crippen LogP contribution in [-0.2, 0) is 23.3 Å². The predicted octanol–water partition coefficient (Wildman–Crippen LogP) is -6.19. The van der Waals surface area contributed by atoms with Crippen LogP contribution in [0, 0.1) is 0 Å². The van der Waals surface area contributed by atoms with Crippen molar-refractivity contribution in [3.05, 3.63) is 0 Å². The Labute approximate surface area is 188 Å². The average Bonchev–Trinajstić information content (AvgIpc) is 2.85. The van der Waals surface area contributed by atoms with Gasteiger partial charge in [0.25, 0.3) is 0 Å². The van der Waals surface area contributed by atoms with Crippen molar-refractivity contribution in [2.24, 2.45) is 0 Å². The Kier molecular flexibility index (Phi) is 10.1. The number of hydrogen-bond donors (Lipinski definition) is 9. The second-order valence-electron chi connectivity index (χ2n) is 6.16. The Balaban J connectivity index is 0.00000392. The van der Waals surface area contributed by atoms with Gasteiger partial charge in [-0.05, 0) is 0 Å². The molecule has 2 aliphatic heterocycles. The van der Waals surface area contributed by atoms with Crippen LogP contribution in [0.5, 0.6) is 0 Å². The van der Waals surface area contributed by atoms with E-state index in [-0.39, 0.29) is 37.7 Å². The Bertz CT molecular complexity index is 548. The fraction of sp³-hybridized carbons (Fsp3) is 1.00. The number of phosphoric acid groups is 1. The van der Waals surface area contributed by atoms with Crippen LogP contribution in [0.15, 0.2) is 0 Å². The van der Waals surface area contributed by atoms with E-state index in [9.17, 15) is 35.2 Å². The number of rotatable bonds is 7. The zero-order valence-corrected chi connectivity index (χ0v) is 14.6. The summed E-state index contributed by atoms with van der Waals surface area (Å²) >= 11 is 0. The molecule has 2 fully saturated rings. The van der Waals surface area contributed by atoms with E-state index in [1.165, 1.54) is 0 Å². The number of phosphoric ester groups is 1. The van der Waals surface area contributed by atoms with E-state index >= 15 is 0 Å². The van der Waals surface area contributed by atoms with Crippen LogP contribution < -0.4 is 0 Å². The van der Waals surface area contributed by atoms with E-state index in [1.807, 2.05) is 0 Å². The van der Waals surface area contributed by atoms with Crippen LogP contribution in [0.25, 0.3) is 0 Å². The van der Waals surface area contributed by atoms with Crippen molar-refractivity contribution in [3.8, 4) is 0 Å². The summed E-state index contributed by atoms with van der Waals surface area (Å²) in [6.45, 7) is -2.69. The SMILES string of the molecule is O=P(O)(O)OC[C@H]1O[C@H](O[C@]2(CO)O[C@H](CO)[C@@H](O)[C@@H]2O)[C@H](O)[C@@H](O)[C@@H]1O.[CaH2]. The summed E-state index contributed by atoms with van der Waals surface area (Å²) in [7, 11) is -4.93. The zero-order valence-electron chi connectivity index (χ0n) is 13.8. The normalized spacial score (nSPS) is 44.3. The molecule has 2 rings (SSSR count). The summed E-state index contributed by atoms with van der Waals surface area (Å²) in [5.74, 6) is -2.35. The third-order valence-corrected chi connectivity index (χ3v) is 4.78. The van der Waals surface area contributed by atoms with Crippen LogP contribution in [-0.4, -0.2) is 158 Å². The van der Waals surface area contributed by atoms with Gasteiger partial charge in [0.2, 0.25) is 5.79 Å². The monoisotopic (exact) mass is 464 g/mol. The first-order valence-corrected chi connectivity index (χ1v) is 9.32. The van der Waals surface area contributed by atoms with Gasteiger partial charge in [0.05, 0.1) is 13.2 Å². The first-order chi connectivity index (χ1) is 12.5. The molecule has 0 bridgehead atoms. The maximum absolute atomic E-state index is 10.8. The third kappa shape index (κ3) is 5.81. The summed E-state index contributed by atoms with van der Waals surface area (Å²) in [6, 6.07) is 0. The molecular formula is C12H25CaO14P. The summed E-state index contributed by atoms with van der Waals surface area (Å²) in [5.41, 5.74) is 0. The second-order valence-corrected chi connectivity index (χ2v) is 7.40. The third-order valence-electron chi connectivity index (χ3n) is 4.30. The van der Waals surface area contributed by atoms with Crippen molar-refractivity contribution >= 4 is 45.6 Å². The molecule has 0 unspecified atom stereocenters. The average molecular weight is 464 g/mol. The van der Waals surface area contributed by atoms with E-state index in [1.54, 1.807) is 0 Å². The Morgan fingerprint density at radius 3 is 2.00 bits per heavy atom. The Hall–Kier alpha value is 0.970. The van der Waals surface area contributed by atoms with Crippen molar-refractivity contribution in [2.75, 3.05) is 19.8 Å². The summed E-state index contributed by atoms with van der Waals surface area (Å²) < 4.78 is 30.4. The van der Waals surface area contributed by atoms with E-state index in [4.69, 9.17) is 29.1 Å². The number of ether oxygens (including phenoxy) is 3. The molecule has 0 aliphatic carbocycles. The van der Waals surface area contributed by atoms with Gasteiger partial charge < -0.3 is 59.7 Å². The number of hydrogen-bond acceptors (Lipinski definition) is 12. The molecule has 0 radical (unpaired) electrons. The van der Waals surface area contributed by atoms with Gasteiger partial charge in [-0.2, -0.15) is 0 Å². The van der Waals surface area contributed by atoms with E-state index in [0.29, 0.717) is 0 Å². The molecule has 0 aromatic rings. The molecule has 0 saturated carbocycles. The maximum atomic E-state index is 10.8. The first-order valence-electron chi connectivity index (χ1n) is 7.79. The summed E-state index contributed by atoms with van der Waals surface area (Å²) in [4.78, 5) is 17.4. The van der Waals surface area contributed by atoms with Crippen LogP contribution in [0.4, 0.5) is 0 Å². The topological polar surface area (TPSA) is 236 Å². The van der Waals surface area contributed by atoms with Gasteiger partial charge in [0.15, 0.2) is 6.29 Å². The quantitative estimate of drug-likeness (QED) is 0.126. The van der Waals surface area contributed by atoms with Gasteiger partial charge >= 0.3 is 45.6 Å². The van der Waals surface area contributed by atoms with Crippen molar-refractivity contribution in [2.45, 2.75) is 54.8 Å².